The molecule has 0 aliphatic rings. The third-order valence-electron chi connectivity index (χ3n) is 3.53. The SMILES string of the molecule is CCOC(=O)[C@H]([NH3+])c1c(C)nn(Cc2ccccc2)c1C. The molecule has 0 saturated heterocycles. The zero-order valence-corrected chi connectivity index (χ0v) is 12.8. The standard InChI is InChI=1S/C16H21N3O2/c1-4-21-16(20)15(17)14-11(2)18-19(12(14)3)10-13-8-6-5-7-9-13/h5-9,15H,4,10,17H2,1-3H3/p+1/t15-/m1/s1. The zero-order valence-electron chi connectivity index (χ0n) is 12.8. The fraction of sp³-hybridized carbons (Fsp3) is 0.375. The Balaban J connectivity index is 2.27. The van der Waals surface area contributed by atoms with Crippen LogP contribution >= 0.6 is 0 Å². The number of carbonyl (C=O) groups excluding carboxylic acids is 1. The second kappa shape index (κ2) is 6.54. The minimum Gasteiger partial charge on any atom is -0.461 e. The van der Waals surface area contributed by atoms with Crippen LogP contribution in [0, 0.1) is 13.8 Å². The number of aryl methyl sites for hydroxylation is 1. The number of hydrogen-bond acceptors (Lipinski definition) is 3. The summed E-state index contributed by atoms with van der Waals surface area (Å²) in [4.78, 5) is 11.9. The van der Waals surface area contributed by atoms with Crippen molar-refractivity contribution in [3.8, 4) is 0 Å². The highest BCUT2D eigenvalue weighted by Crippen LogP contribution is 2.20. The third kappa shape index (κ3) is 3.31. The predicted octanol–water partition coefficient (Wildman–Crippen LogP) is 1.39. The van der Waals surface area contributed by atoms with Crippen LogP contribution in [0.15, 0.2) is 30.3 Å². The number of benzene rings is 1. The largest absolute Gasteiger partial charge is 0.461 e. The van der Waals surface area contributed by atoms with E-state index >= 15 is 0 Å². The summed E-state index contributed by atoms with van der Waals surface area (Å²) in [6.07, 6.45) is 0. The van der Waals surface area contributed by atoms with E-state index in [0.29, 0.717) is 13.2 Å². The molecule has 21 heavy (non-hydrogen) atoms. The summed E-state index contributed by atoms with van der Waals surface area (Å²) in [5, 5.41) is 4.54. The lowest BCUT2D eigenvalue weighted by atomic mass is 10.1. The van der Waals surface area contributed by atoms with Crippen LogP contribution in [-0.2, 0) is 16.1 Å². The lowest BCUT2D eigenvalue weighted by Crippen LogP contribution is -2.58. The van der Waals surface area contributed by atoms with Crippen LogP contribution in [0.3, 0.4) is 0 Å². The summed E-state index contributed by atoms with van der Waals surface area (Å²) in [6, 6.07) is 9.58. The van der Waals surface area contributed by atoms with E-state index in [1.807, 2.05) is 36.7 Å². The monoisotopic (exact) mass is 288 g/mol. The molecule has 1 atom stereocenters. The molecule has 1 aromatic carbocycles. The topological polar surface area (TPSA) is 71.8 Å². The van der Waals surface area contributed by atoms with Gasteiger partial charge in [0.15, 0.2) is 0 Å². The van der Waals surface area contributed by atoms with Gasteiger partial charge in [-0.15, -0.1) is 0 Å². The molecule has 0 fully saturated rings. The normalized spacial score (nSPS) is 12.2. The average Bonchev–Trinajstić information content (AvgIpc) is 2.74. The molecule has 0 amide bonds. The number of rotatable bonds is 5. The number of carbonyl (C=O) groups is 1. The van der Waals surface area contributed by atoms with E-state index in [2.05, 4.69) is 23.0 Å². The fourth-order valence-corrected chi connectivity index (χ4v) is 2.49. The van der Waals surface area contributed by atoms with Crippen LogP contribution in [-0.4, -0.2) is 22.4 Å². The van der Waals surface area contributed by atoms with Crippen molar-refractivity contribution in [3.63, 3.8) is 0 Å². The Hall–Kier alpha value is -2.14. The quantitative estimate of drug-likeness (QED) is 0.845. The molecule has 1 aromatic heterocycles. The molecule has 0 aliphatic carbocycles. The number of nitrogens with zero attached hydrogens (tertiary/aromatic N) is 2. The van der Waals surface area contributed by atoms with Crippen LogP contribution in [0.1, 0.15) is 35.5 Å². The number of ether oxygens (including phenoxy) is 1. The Labute approximate surface area is 124 Å². The zero-order chi connectivity index (χ0) is 15.4. The van der Waals surface area contributed by atoms with Gasteiger partial charge in [0.25, 0.3) is 0 Å². The van der Waals surface area contributed by atoms with Crippen molar-refractivity contribution in [2.75, 3.05) is 6.61 Å². The lowest BCUT2D eigenvalue weighted by Gasteiger charge is -2.09. The van der Waals surface area contributed by atoms with Gasteiger partial charge in [0.1, 0.15) is 0 Å². The third-order valence-corrected chi connectivity index (χ3v) is 3.53. The average molecular weight is 288 g/mol. The molecule has 0 radical (unpaired) electrons. The maximum absolute atomic E-state index is 11.9. The van der Waals surface area contributed by atoms with Crippen LogP contribution in [0.25, 0.3) is 0 Å². The van der Waals surface area contributed by atoms with Gasteiger partial charge in [0.05, 0.1) is 24.4 Å². The predicted molar refractivity (Wildman–Crippen MR) is 79.5 cm³/mol. The Morgan fingerprint density at radius 1 is 1.33 bits per heavy atom. The molecule has 5 nitrogen and oxygen atoms in total. The summed E-state index contributed by atoms with van der Waals surface area (Å²) < 4.78 is 6.97. The second-order valence-corrected chi connectivity index (χ2v) is 5.03. The molecule has 0 spiro atoms. The van der Waals surface area contributed by atoms with Crippen LogP contribution in [0.5, 0.6) is 0 Å². The first-order chi connectivity index (χ1) is 10.0. The van der Waals surface area contributed by atoms with Gasteiger partial charge >= 0.3 is 5.97 Å². The van der Waals surface area contributed by atoms with Gasteiger partial charge in [-0.1, -0.05) is 30.3 Å². The number of quaternary nitrogens is 1. The Morgan fingerprint density at radius 3 is 2.62 bits per heavy atom. The van der Waals surface area contributed by atoms with Crippen molar-refractivity contribution >= 4 is 5.97 Å². The number of esters is 1. The van der Waals surface area contributed by atoms with Gasteiger partial charge < -0.3 is 10.5 Å². The molecular formula is C16H22N3O2+. The summed E-state index contributed by atoms with van der Waals surface area (Å²) in [7, 11) is 0. The van der Waals surface area contributed by atoms with E-state index < -0.39 is 6.04 Å². The summed E-state index contributed by atoms with van der Waals surface area (Å²) in [6.45, 7) is 6.71. The van der Waals surface area contributed by atoms with Crippen LogP contribution in [0.4, 0.5) is 0 Å². The fourth-order valence-electron chi connectivity index (χ4n) is 2.49. The van der Waals surface area contributed by atoms with Crippen molar-refractivity contribution in [1.29, 1.82) is 0 Å². The van der Waals surface area contributed by atoms with Crippen LogP contribution < -0.4 is 5.73 Å². The molecule has 2 rings (SSSR count). The molecule has 5 heteroatoms. The van der Waals surface area contributed by atoms with Gasteiger partial charge in [0.2, 0.25) is 6.04 Å². The minimum absolute atomic E-state index is 0.303. The van der Waals surface area contributed by atoms with E-state index in [-0.39, 0.29) is 5.97 Å². The van der Waals surface area contributed by atoms with E-state index in [1.165, 1.54) is 5.56 Å². The van der Waals surface area contributed by atoms with Gasteiger partial charge in [-0.05, 0) is 26.3 Å². The smallest absolute Gasteiger partial charge is 0.369 e. The molecule has 0 aliphatic heterocycles. The Kier molecular flexibility index (Phi) is 4.75. The summed E-state index contributed by atoms with van der Waals surface area (Å²) >= 11 is 0. The first-order valence-corrected chi connectivity index (χ1v) is 7.12. The molecule has 112 valence electrons. The van der Waals surface area contributed by atoms with Crippen LogP contribution in [0.2, 0.25) is 0 Å². The van der Waals surface area contributed by atoms with E-state index in [4.69, 9.17) is 4.74 Å². The lowest BCUT2D eigenvalue weighted by molar-refractivity contribution is -0.414. The van der Waals surface area contributed by atoms with Crippen molar-refractivity contribution in [3.05, 3.63) is 52.8 Å². The molecule has 0 bridgehead atoms. The molecule has 0 saturated carbocycles. The van der Waals surface area contributed by atoms with Gasteiger partial charge in [-0.25, -0.2) is 4.79 Å². The minimum atomic E-state index is -0.533. The maximum Gasteiger partial charge on any atom is 0.369 e. The Bertz CT molecular complexity index is 620. The molecule has 2 aromatic rings. The van der Waals surface area contributed by atoms with Crippen molar-refractivity contribution < 1.29 is 15.3 Å². The molecule has 0 unspecified atom stereocenters. The van der Waals surface area contributed by atoms with Crippen molar-refractivity contribution in [2.24, 2.45) is 0 Å². The van der Waals surface area contributed by atoms with E-state index in [1.54, 1.807) is 6.92 Å². The summed E-state index contributed by atoms with van der Waals surface area (Å²) in [5.74, 6) is -0.303. The second-order valence-electron chi connectivity index (χ2n) is 5.03. The first-order valence-electron chi connectivity index (χ1n) is 7.12. The first kappa shape index (κ1) is 15.3. The Morgan fingerprint density at radius 2 is 2.00 bits per heavy atom. The van der Waals surface area contributed by atoms with E-state index in [0.717, 1.165) is 17.0 Å². The van der Waals surface area contributed by atoms with Gasteiger partial charge in [0, 0.05) is 5.69 Å². The van der Waals surface area contributed by atoms with Crippen molar-refractivity contribution in [1.82, 2.24) is 9.78 Å². The highest BCUT2D eigenvalue weighted by atomic mass is 16.5. The maximum atomic E-state index is 11.9. The molecular weight excluding hydrogens is 266 g/mol. The molecule has 1 heterocycles. The number of hydrogen-bond donors (Lipinski definition) is 1. The number of aromatic nitrogens is 2. The summed E-state index contributed by atoms with van der Waals surface area (Å²) in [5.41, 5.74) is 7.77. The highest BCUT2D eigenvalue weighted by molar-refractivity contribution is 5.76. The highest BCUT2D eigenvalue weighted by Gasteiger charge is 2.28. The van der Waals surface area contributed by atoms with Gasteiger partial charge in [-0.2, -0.15) is 5.10 Å². The van der Waals surface area contributed by atoms with E-state index in [9.17, 15) is 4.79 Å². The van der Waals surface area contributed by atoms with Crippen molar-refractivity contribution in [2.45, 2.75) is 33.4 Å². The van der Waals surface area contributed by atoms with Gasteiger partial charge in [-0.3, -0.25) is 4.68 Å². The molecule has 3 N–H and O–H groups in total.